The van der Waals surface area contributed by atoms with Crippen molar-refractivity contribution in [3.8, 4) is 0 Å². The number of aryl methyl sites for hydroxylation is 1. The van der Waals surface area contributed by atoms with Crippen molar-refractivity contribution in [2.75, 3.05) is 0 Å². The average molecular weight is 180 g/mol. The van der Waals surface area contributed by atoms with Crippen LogP contribution in [0.15, 0.2) is 6.07 Å². The van der Waals surface area contributed by atoms with Crippen LogP contribution in [0.5, 0.6) is 0 Å². The summed E-state index contributed by atoms with van der Waals surface area (Å²) in [6.45, 7) is 9.70. The monoisotopic (exact) mass is 180 g/mol. The van der Waals surface area contributed by atoms with Crippen LogP contribution in [0, 0.1) is 6.92 Å². The first kappa shape index (κ1) is 9.96. The largest absolute Gasteiger partial charge is 0.293 e. The number of rotatable bonds is 1. The summed E-state index contributed by atoms with van der Waals surface area (Å²) in [5.74, 6) is 0.0195. The van der Waals surface area contributed by atoms with Gasteiger partial charge in [0.15, 0.2) is 5.78 Å². The zero-order chi connectivity index (χ0) is 10.2. The lowest BCUT2D eigenvalue weighted by Crippen LogP contribution is -2.24. The fourth-order valence-electron chi connectivity index (χ4n) is 1.33. The molecule has 72 valence electrons. The number of hydrogen-bond donors (Lipinski definition) is 0. The lowest BCUT2D eigenvalue weighted by Gasteiger charge is -2.21. The number of ketones is 1. The third-order valence-electron chi connectivity index (χ3n) is 1.88. The Morgan fingerprint density at radius 3 is 2.23 bits per heavy atom. The van der Waals surface area contributed by atoms with Gasteiger partial charge in [-0.1, -0.05) is 0 Å². The number of nitrogens with zero attached hydrogens (tertiary/aromatic N) is 2. The standard InChI is InChI=1S/C10H16N2O/c1-7-6-9(8(2)13)11-12(7)10(3,4)5/h6H,1-5H3. The number of carbonyl (C=O) groups excluding carboxylic acids is 1. The van der Waals surface area contributed by atoms with E-state index in [1.807, 2.05) is 17.7 Å². The Kier molecular flexibility index (Phi) is 2.28. The van der Waals surface area contributed by atoms with E-state index in [2.05, 4.69) is 25.9 Å². The molecule has 13 heavy (non-hydrogen) atoms. The van der Waals surface area contributed by atoms with Crippen molar-refractivity contribution in [2.45, 2.75) is 40.2 Å². The number of carbonyl (C=O) groups is 1. The van der Waals surface area contributed by atoms with E-state index in [-0.39, 0.29) is 11.3 Å². The summed E-state index contributed by atoms with van der Waals surface area (Å²) in [4.78, 5) is 11.1. The van der Waals surface area contributed by atoms with Crippen LogP contribution in [0.25, 0.3) is 0 Å². The Hall–Kier alpha value is -1.12. The second kappa shape index (κ2) is 2.98. The molecule has 0 amide bonds. The van der Waals surface area contributed by atoms with E-state index < -0.39 is 0 Å². The maximum atomic E-state index is 11.1. The Labute approximate surface area is 78.8 Å². The molecule has 0 saturated heterocycles. The predicted octanol–water partition coefficient (Wildman–Crippen LogP) is 2.15. The summed E-state index contributed by atoms with van der Waals surface area (Å²) < 4.78 is 1.88. The molecule has 0 atom stereocenters. The van der Waals surface area contributed by atoms with Gasteiger partial charge in [0.25, 0.3) is 0 Å². The molecule has 1 aromatic heterocycles. The Morgan fingerprint density at radius 1 is 1.46 bits per heavy atom. The van der Waals surface area contributed by atoms with Crippen LogP contribution in [-0.2, 0) is 5.54 Å². The van der Waals surface area contributed by atoms with Crippen molar-refractivity contribution >= 4 is 5.78 Å². The van der Waals surface area contributed by atoms with Gasteiger partial charge in [0.1, 0.15) is 5.69 Å². The topological polar surface area (TPSA) is 34.9 Å². The lowest BCUT2D eigenvalue weighted by atomic mass is 10.1. The molecule has 0 aromatic carbocycles. The molecule has 3 heteroatoms. The first-order valence-electron chi connectivity index (χ1n) is 4.40. The lowest BCUT2D eigenvalue weighted by molar-refractivity contribution is 0.101. The van der Waals surface area contributed by atoms with Gasteiger partial charge >= 0.3 is 0 Å². The smallest absolute Gasteiger partial charge is 0.179 e. The maximum Gasteiger partial charge on any atom is 0.179 e. The molecule has 0 N–H and O–H groups in total. The molecule has 0 aliphatic heterocycles. The highest BCUT2D eigenvalue weighted by atomic mass is 16.1. The molecule has 0 radical (unpaired) electrons. The molecule has 1 rings (SSSR count). The third-order valence-corrected chi connectivity index (χ3v) is 1.88. The van der Waals surface area contributed by atoms with Crippen LogP contribution in [0.2, 0.25) is 0 Å². The van der Waals surface area contributed by atoms with Gasteiger partial charge in [0, 0.05) is 12.6 Å². The second-order valence-corrected chi connectivity index (χ2v) is 4.31. The van der Waals surface area contributed by atoms with Crippen molar-refractivity contribution in [3.63, 3.8) is 0 Å². The van der Waals surface area contributed by atoms with Crippen LogP contribution < -0.4 is 0 Å². The molecule has 0 saturated carbocycles. The van der Waals surface area contributed by atoms with E-state index in [4.69, 9.17) is 0 Å². The van der Waals surface area contributed by atoms with Crippen LogP contribution in [0.3, 0.4) is 0 Å². The maximum absolute atomic E-state index is 11.1. The van der Waals surface area contributed by atoms with Crippen LogP contribution >= 0.6 is 0 Å². The molecule has 0 aliphatic rings. The van der Waals surface area contributed by atoms with Gasteiger partial charge in [0.2, 0.25) is 0 Å². The minimum absolute atomic E-state index is 0.0195. The van der Waals surface area contributed by atoms with Crippen LogP contribution in [0.4, 0.5) is 0 Å². The molecule has 0 bridgehead atoms. The van der Waals surface area contributed by atoms with Gasteiger partial charge in [0.05, 0.1) is 5.54 Å². The van der Waals surface area contributed by atoms with Gasteiger partial charge in [-0.3, -0.25) is 9.48 Å². The van der Waals surface area contributed by atoms with Crippen molar-refractivity contribution in [3.05, 3.63) is 17.5 Å². The Bertz CT molecular complexity index is 331. The summed E-state index contributed by atoms with van der Waals surface area (Å²) in [5.41, 5.74) is 1.52. The molecule has 1 heterocycles. The zero-order valence-corrected chi connectivity index (χ0v) is 8.88. The van der Waals surface area contributed by atoms with Gasteiger partial charge in [-0.15, -0.1) is 0 Å². The normalized spacial score (nSPS) is 11.8. The first-order chi connectivity index (χ1) is 5.82. The molecular weight excluding hydrogens is 164 g/mol. The van der Waals surface area contributed by atoms with Gasteiger partial charge < -0.3 is 0 Å². The van der Waals surface area contributed by atoms with Crippen molar-refractivity contribution < 1.29 is 4.79 Å². The highest BCUT2D eigenvalue weighted by Crippen LogP contribution is 2.16. The van der Waals surface area contributed by atoms with Gasteiger partial charge in [-0.2, -0.15) is 5.10 Å². The molecule has 0 aliphatic carbocycles. The predicted molar refractivity (Wildman–Crippen MR) is 52.0 cm³/mol. The van der Waals surface area contributed by atoms with Crippen molar-refractivity contribution in [1.82, 2.24) is 9.78 Å². The van der Waals surface area contributed by atoms with E-state index in [0.29, 0.717) is 5.69 Å². The summed E-state index contributed by atoms with van der Waals surface area (Å²) in [7, 11) is 0. The van der Waals surface area contributed by atoms with E-state index in [0.717, 1.165) is 5.69 Å². The van der Waals surface area contributed by atoms with Gasteiger partial charge in [-0.25, -0.2) is 0 Å². The molecule has 3 nitrogen and oxygen atoms in total. The van der Waals surface area contributed by atoms with E-state index >= 15 is 0 Å². The van der Waals surface area contributed by atoms with E-state index in [1.165, 1.54) is 6.92 Å². The van der Waals surface area contributed by atoms with Crippen LogP contribution in [-0.4, -0.2) is 15.6 Å². The molecule has 0 spiro atoms. The van der Waals surface area contributed by atoms with Crippen molar-refractivity contribution in [2.24, 2.45) is 0 Å². The Morgan fingerprint density at radius 2 is 2.00 bits per heavy atom. The van der Waals surface area contributed by atoms with E-state index in [9.17, 15) is 4.79 Å². The second-order valence-electron chi connectivity index (χ2n) is 4.31. The number of Topliss-reactive ketones (excluding diaryl/α,β-unsaturated/α-hetero) is 1. The van der Waals surface area contributed by atoms with E-state index in [1.54, 1.807) is 0 Å². The highest BCUT2D eigenvalue weighted by Gasteiger charge is 2.18. The number of hydrogen-bond acceptors (Lipinski definition) is 2. The molecular formula is C10H16N2O. The fourth-order valence-corrected chi connectivity index (χ4v) is 1.33. The zero-order valence-electron chi connectivity index (χ0n) is 8.88. The highest BCUT2D eigenvalue weighted by molar-refractivity contribution is 5.92. The van der Waals surface area contributed by atoms with Crippen LogP contribution in [0.1, 0.15) is 43.9 Å². The third kappa shape index (κ3) is 1.97. The summed E-state index contributed by atoms with van der Waals surface area (Å²) >= 11 is 0. The van der Waals surface area contributed by atoms with Gasteiger partial charge in [-0.05, 0) is 33.8 Å². The summed E-state index contributed by atoms with van der Waals surface area (Å²) in [6.07, 6.45) is 0. The molecule has 0 unspecified atom stereocenters. The molecule has 0 fully saturated rings. The minimum atomic E-state index is -0.0578. The van der Waals surface area contributed by atoms with Crippen molar-refractivity contribution in [1.29, 1.82) is 0 Å². The number of aromatic nitrogens is 2. The SMILES string of the molecule is CC(=O)c1cc(C)n(C(C)(C)C)n1. The Balaban J connectivity index is 3.18. The summed E-state index contributed by atoms with van der Waals surface area (Å²) in [6, 6.07) is 1.83. The first-order valence-corrected chi connectivity index (χ1v) is 4.40. The average Bonchev–Trinajstić information content (AvgIpc) is 2.29. The molecule has 1 aromatic rings. The fraction of sp³-hybridized carbons (Fsp3) is 0.600. The quantitative estimate of drug-likeness (QED) is 0.621. The minimum Gasteiger partial charge on any atom is -0.293 e. The summed E-state index contributed by atoms with van der Waals surface area (Å²) in [5, 5.41) is 4.25.